The molecule has 1 aliphatic rings. The van der Waals surface area contributed by atoms with Crippen LogP contribution in [0, 0.1) is 0 Å². The SMILES string of the molecule is CC[C@H](C(=O)NC1CCCCC1)N(Cc1ccc(OC)cc1)C(=O)CN(c1ccc(Cl)cc1Cl)S(=O)(=O)c1ccccc1. The van der Waals surface area contributed by atoms with E-state index < -0.39 is 28.5 Å². The maximum absolute atomic E-state index is 14.3. The van der Waals surface area contributed by atoms with E-state index in [2.05, 4.69) is 5.32 Å². The number of hydrogen-bond acceptors (Lipinski definition) is 5. The second kappa shape index (κ2) is 14.9. The predicted molar refractivity (Wildman–Crippen MR) is 170 cm³/mol. The zero-order valence-electron chi connectivity index (χ0n) is 24.3. The van der Waals surface area contributed by atoms with Crippen molar-refractivity contribution in [3.05, 3.63) is 88.4 Å². The van der Waals surface area contributed by atoms with Gasteiger partial charge in [0.2, 0.25) is 11.8 Å². The van der Waals surface area contributed by atoms with Gasteiger partial charge in [-0.3, -0.25) is 13.9 Å². The van der Waals surface area contributed by atoms with Crippen molar-refractivity contribution < 1.29 is 22.7 Å². The Morgan fingerprint density at radius 3 is 2.26 bits per heavy atom. The van der Waals surface area contributed by atoms with Gasteiger partial charge in [-0.2, -0.15) is 0 Å². The Morgan fingerprint density at radius 2 is 1.65 bits per heavy atom. The van der Waals surface area contributed by atoms with Crippen LogP contribution in [0.25, 0.3) is 0 Å². The Bertz CT molecular complexity index is 1500. The van der Waals surface area contributed by atoms with Crippen molar-refractivity contribution >= 4 is 50.7 Å². The normalized spacial score (nSPS) is 14.5. The number of methoxy groups -OCH3 is 1. The molecule has 2 amide bonds. The lowest BCUT2D eigenvalue weighted by molar-refractivity contribution is -0.140. The number of halogens is 2. The Morgan fingerprint density at radius 1 is 0.977 bits per heavy atom. The van der Waals surface area contributed by atoms with Crippen LogP contribution in [-0.4, -0.2) is 50.9 Å². The molecule has 0 spiro atoms. The number of ether oxygens (including phenoxy) is 1. The summed E-state index contributed by atoms with van der Waals surface area (Å²) in [5.41, 5.74) is 0.868. The summed E-state index contributed by atoms with van der Waals surface area (Å²) in [5.74, 6) is -0.147. The molecule has 0 unspecified atom stereocenters. The highest BCUT2D eigenvalue weighted by molar-refractivity contribution is 7.92. The van der Waals surface area contributed by atoms with E-state index in [0.717, 1.165) is 42.0 Å². The first-order valence-electron chi connectivity index (χ1n) is 14.4. The van der Waals surface area contributed by atoms with Gasteiger partial charge in [-0.05, 0) is 67.3 Å². The second-order valence-electron chi connectivity index (χ2n) is 10.6. The zero-order chi connectivity index (χ0) is 31.0. The summed E-state index contributed by atoms with van der Waals surface area (Å²) in [6.07, 6.45) is 5.37. The van der Waals surface area contributed by atoms with E-state index in [1.807, 2.05) is 19.1 Å². The topological polar surface area (TPSA) is 96.0 Å². The van der Waals surface area contributed by atoms with Gasteiger partial charge in [0.15, 0.2) is 0 Å². The number of nitrogens with zero attached hydrogens (tertiary/aromatic N) is 2. The lowest BCUT2D eigenvalue weighted by Crippen LogP contribution is -2.54. The van der Waals surface area contributed by atoms with Crippen molar-refractivity contribution in [2.75, 3.05) is 18.0 Å². The number of sulfonamides is 1. The van der Waals surface area contributed by atoms with Gasteiger partial charge in [0, 0.05) is 17.6 Å². The molecular formula is C32H37Cl2N3O5S. The highest BCUT2D eigenvalue weighted by atomic mass is 35.5. The van der Waals surface area contributed by atoms with Crippen LogP contribution in [0.1, 0.15) is 51.0 Å². The summed E-state index contributed by atoms with van der Waals surface area (Å²) in [4.78, 5) is 29.4. The molecule has 230 valence electrons. The minimum Gasteiger partial charge on any atom is -0.497 e. The molecule has 0 radical (unpaired) electrons. The first-order valence-corrected chi connectivity index (χ1v) is 16.6. The molecule has 0 saturated heterocycles. The molecule has 0 bridgehead atoms. The minimum absolute atomic E-state index is 0.00222. The summed E-state index contributed by atoms with van der Waals surface area (Å²) in [7, 11) is -2.67. The fourth-order valence-corrected chi connectivity index (χ4v) is 7.32. The molecule has 1 aliphatic carbocycles. The predicted octanol–water partition coefficient (Wildman–Crippen LogP) is 6.45. The van der Waals surface area contributed by atoms with Crippen molar-refractivity contribution in [1.82, 2.24) is 10.2 Å². The van der Waals surface area contributed by atoms with Crippen LogP contribution >= 0.6 is 23.2 Å². The van der Waals surface area contributed by atoms with Gasteiger partial charge in [0.1, 0.15) is 18.3 Å². The fraction of sp³-hybridized carbons (Fsp3) is 0.375. The number of carbonyl (C=O) groups excluding carboxylic acids is 2. The minimum atomic E-state index is -4.23. The first kappa shape index (κ1) is 32.6. The molecule has 8 nitrogen and oxygen atoms in total. The third-order valence-electron chi connectivity index (χ3n) is 7.64. The molecule has 3 aromatic rings. The summed E-state index contributed by atoms with van der Waals surface area (Å²) in [6, 6.07) is 18.7. The molecule has 43 heavy (non-hydrogen) atoms. The molecular weight excluding hydrogens is 609 g/mol. The van der Waals surface area contributed by atoms with Crippen LogP contribution in [0.3, 0.4) is 0 Å². The van der Waals surface area contributed by atoms with Crippen molar-refractivity contribution in [3.8, 4) is 5.75 Å². The molecule has 1 saturated carbocycles. The standard InChI is InChI=1S/C32H37Cl2N3O5S/c1-3-29(32(39)35-25-10-6-4-7-11-25)36(21-23-14-17-26(42-2)18-15-23)31(38)22-37(30-19-16-24(33)20-28(30)34)43(40,41)27-12-8-5-9-13-27/h5,8-9,12-20,25,29H,3-4,6-7,10-11,21-22H2,1-2H3,(H,35,39)/t29-/m1/s1. The molecule has 1 atom stereocenters. The number of amides is 2. The third kappa shape index (κ3) is 8.22. The van der Waals surface area contributed by atoms with Crippen molar-refractivity contribution in [1.29, 1.82) is 0 Å². The Kier molecular flexibility index (Phi) is 11.3. The lowest BCUT2D eigenvalue weighted by atomic mass is 9.95. The van der Waals surface area contributed by atoms with Crippen LogP contribution in [0.5, 0.6) is 5.75 Å². The average Bonchev–Trinajstić information content (AvgIpc) is 3.01. The van der Waals surface area contributed by atoms with Crippen molar-refractivity contribution in [3.63, 3.8) is 0 Å². The van der Waals surface area contributed by atoms with Gasteiger partial charge in [0.25, 0.3) is 10.0 Å². The first-order chi connectivity index (χ1) is 20.6. The van der Waals surface area contributed by atoms with E-state index in [0.29, 0.717) is 17.2 Å². The van der Waals surface area contributed by atoms with E-state index in [4.69, 9.17) is 27.9 Å². The number of rotatable bonds is 12. The molecule has 0 aliphatic heterocycles. The smallest absolute Gasteiger partial charge is 0.264 e. The van der Waals surface area contributed by atoms with Gasteiger partial charge in [-0.1, -0.05) is 79.7 Å². The summed E-state index contributed by atoms with van der Waals surface area (Å²) in [5, 5.41) is 3.54. The van der Waals surface area contributed by atoms with E-state index >= 15 is 0 Å². The number of hydrogen-bond donors (Lipinski definition) is 1. The van der Waals surface area contributed by atoms with E-state index in [9.17, 15) is 18.0 Å². The summed E-state index contributed by atoms with van der Waals surface area (Å²) < 4.78 is 34.2. The van der Waals surface area contributed by atoms with Crippen LogP contribution in [0.15, 0.2) is 77.7 Å². The molecule has 0 aromatic heterocycles. The van der Waals surface area contributed by atoms with Crippen molar-refractivity contribution in [2.45, 2.75) is 69.0 Å². The largest absolute Gasteiger partial charge is 0.497 e. The number of nitrogens with one attached hydrogen (secondary N) is 1. The molecule has 11 heteroatoms. The Labute approximate surface area is 264 Å². The Balaban J connectivity index is 1.72. The maximum Gasteiger partial charge on any atom is 0.264 e. The Hall–Kier alpha value is -3.27. The second-order valence-corrected chi connectivity index (χ2v) is 13.3. The zero-order valence-corrected chi connectivity index (χ0v) is 26.7. The molecule has 3 aromatic carbocycles. The number of benzene rings is 3. The maximum atomic E-state index is 14.3. The highest BCUT2D eigenvalue weighted by Gasteiger charge is 2.35. The third-order valence-corrected chi connectivity index (χ3v) is 9.95. The highest BCUT2D eigenvalue weighted by Crippen LogP contribution is 2.33. The van der Waals surface area contributed by atoms with Gasteiger partial charge in [0.05, 0.1) is 22.7 Å². The molecule has 1 N–H and O–H groups in total. The lowest BCUT2D eigenvalue weighted by Gasteiger charge is -2.34. The molecule has 4 rings (SSSR count). The van der Waals surface area contributed by atoms with Gasteiger partial charge in [-0.25, -0.2) is 8.42 Å². The van der Waals surface area contributed by atoms with Crippen LogP contribution in [0.2, 0.25) is 10.0 Å². The van der Waals surface area contributed by atoms with E-state index in [-0.39, 0.29) is 34.1 Å². The fourth-order valence-electron chi connectivity index (χ4n) is 5.31. The van der Waals surface area contributed by atoms with Crippen LogP contribution in [-0.2, 0) is 26.2 Å². The number of anilines is 1. The number of carbonyl (C=O) groups is 2. The van der Waals surface area contributed by atoms with E-state index in [1.165, 1.54) is 35.2 Å². The van der Waals surface area contributed by atoms with E-state index in [1.54, 1.807) is 37.4 Å². The van der Waals surface area contributed by atoms with Crippen LogP contribution in [0.4, 0.5) is 5.69 Å². The average molecular weight is 647 g/mol. The molecule has 0 heterocycles. The van der Waals surface area contributed by atoms with Gasteiger partial charge in [-0.15, -0.1) is 0 Å². The van der Waals surface area contributed by atoms with Gasteiger partial charge < -0.3 is 15.0 Å². The summed E-state index contributed by atoms with van der Waals surface area (Å²) in [6.45, 7) is 1.35. The monoisotopic (exact) mass is 645 g/mol. The molecule has 1 fully saturated rings. The van der Waals surface area contributed by atoms with Crippen molar-refractivity contribution in [2.24, 2.45) is 0 Å². The summed E-state index contributed by atoms with van der Waals surface area (Å²) >= 11 is 12.6. The quantitative estimate of drug-likeness (QED) is 0.244. The van der Waals surface area contributed by atoms with Gasteiger partial charge >= 0.3 is 0 Å². The van der Waals surface area contributed by atoms with Crippen LogP contribution < -0.4 is 14.4 Å².